The molecule has 7 heteroatoms. The van der Waals surface area contributed by atoms with Gasteiger partial charge < -0.3 is 10.1 Å². The van der Waals surface area contributed by atoms with Crippen molar-refractivity contribution in [2.24, 2.45) is 14.1 Å². The van der Waals surface area contributed by atoms with E-state index in [0.29, 0.717) is 17.1 Å². The number of ether oxygens (including phenoxy) is 1. The van der Waals surface area contributed by atoms with Crippen molar-refractivity contribution in [1.29, 1.82) is 0 Å². The lowest BCUT2D eigenvalue weighted by atomic mass is 9.86. The highest BCUT2D eigenvalue weighted by Crippen LogP contribution is 2.35. The minimum atomic E-state index is -0.481. The van der Waals surface area contributed by atoms with Crippen LogP contribution in [0.25, 0.3) is 0 Å². The number of para-hydroxylation sites is 1. The molecule has 0 aliphatic carbocycles. The van der Waals surface area contributed by atoms with Crippen molar-refractivity contribution in [2.75, 3.05) is 5.32 Å². The standard InChI is InChI=1S/C21H19N3O4/c1-23-19-18(20(26)24(2)21(23)27)16(12-17(25)22-19)13-7-6-10-15(11-13)28-14-8-4-3-5-9-14/h3-11,16H,12H2,1-2H3,(H,22,25)/t16-/m1/s1. The molecular formula is C21H19N3O4. The van der Waals surface area contributed by atoms with Gasteiger partial charge in [-0.05, 0) is 29.8 Å². The van der Waals surface area contributed by atoms with E-state index in [9.17, 15) is 14.4 Å². The monoisotopic (exact) mass is 377 g/mol. The first-order valence-corrected chi connectivity index (χ1v) is 8.88. The van der Waals surface area contributed by atoms with Crippen molar-refractivity contribution in [3.63, 3.8) is 0 Å². The third-order valence-corrected chi connectivity index (χ3v) is 4.93. The number of carbonyl (C=O) groups is 1. The van der Waals surface area contributed by atoms with Crippen LogP contribution in [-0.2, 0) is 18.9 Å². The summed E-state index contributed by atoms with van der Waals surface area (Å²) in [7, 11) is 2.98. The average molecular weight is 377 g/mol. The number of rotatable bonds is 3. The summed E-state index contributed by atoms with van der Waals surface area (Å²) in [5.41, 5.74) is 0.296. The van der Waals surface area contributed by atoms with Crippen LogP contribution in [0.2, 0.25) is 0 Å². The normalized spacial score (nSPS) is 15.6. The smallest absolute Gasteiger partial charge is 0.332 e. The molecule has 0 bridgehead atoms. The second-order valence-corrected chi connectivity index (χ2v) is 6.76. The molecule has 0 saturated heterocycles. The third-order valence-electron chi connectivity index (χ3n) is 4.93. The number of nitrogens with one attached hydrogen (secondary N) is 1. The van der Waals surface area contributed by atoms with Gasteiger partial charge in [-0.2, -0.15) is 0 Å². The molecule has 7 nitrogen and oxygen atoms in total. The van der Waals surface area contributed by atoms with E-state index in [-0.39, 0.29) is 18.1 Å². The summed E-state index contributed by atoms with van der Waals surface area (Å²) in [5, 5.41) is 2.67. The maximum Gasteiger partial charge on any atom is 0.332 e. The molecule has 0 radical (unpaired) electrons. The third kappa shape index (κ3) is 3.00. The van der Waals surface area contributed by atoms with Crippen LogP contribution in [0.1, 0.15) is 23.5 Å². The number of fused-ring (bicyclic) bond motifs is 1. The quantitative estimate of drug-likeness (QED) is 0.760. The molecule has 1 aliphatic rings. The van der Waals surface area contributed by atoms with Crippen molar-refractivity contribution in [3.8, 4) is 11.5 Å². The summed E-state index contributed by atoms with van der Waals surface area (Å²) in [6.45, 7) is 0. The molecule has 3 aromatic rings. The first kappa shape index (κ1) is 17.8. The van der Waals surface area contributed by atoms with Gasteiger partial charge in [0.1, 0.15) is 17.3 Å². The molecule has 2 aromatic carbocycles. The van der Waals surface area contributed by atoms with Gasteiger partial charge in [0.15, 0.2) is 0 Å². The summed E-state index contributed by atoms with van der Waals surface area (Å²) in [6, 6.07) is 16.7. The second-order valence-electron chi connectivity index (χ2n) is 6.76. The molecule has 0 saturated carbocycles. The zero-order valence-electron chi connectivity index (χ0n) is 15.5. The Hall–Kier alpha value is -3.61. The molecule has 1 aromatic heterocycles. The minimum Gasteiger partial charge on any atom is -0.457 e. The van der Waals surface area contributed by atoms with Crippen LogP contribution >= 0.6 is 0 Å². The number of hydrogen-bond donors (Lipinski definition) is 1. The van der Waals surface area contributed by atoms with Gasteiger partial charge in [0, 0.05) is 26.4 Å². The second kappa shape index (κ2) is 6.84. The molecule has 142 valence electrons. The van der Waals surface area contributed by atoms with Crippen LogP contribution in [0, 0.1) is 0 Å². The number of hydrogen-bond acceptors (Lipinski definition) is 4. The number of carbonyl (C=O) groups excluding carboxylic acids is 1. The first-order chi connectivity index (χ1) is 13.5. The lowest BCUT2D eigenvalue weighted by molar-refractivity contribution is -0.116. The maximum atomic E-state index is 12.8. The molecule has 1 aliphatic heterocycles. The van der Waals surface area contributed by atoms with E-state index in [1.165, 1.54) is 18.7 Å². The van der Waals surface area contributed by atoms with Crippen LogP contribution < -0.4 is 21.3 Å². The van der Waals surface area contributed by atoms with Crippen molar-refractivity contribution >= 4 is 11.7 Å². The Labute approximate surface area is 160 Å². The molecular weight excluding hydrogens is 358 g/mol. The van der Waals surface area contributed by atoms with E-state index in [4.69, 9.17) is 4.74 Å². The molecule has 0 unspecified atom stereocenters. The van der Waals surface area contributed by atoms with Crippen LogP contribution in [0.5, 0.6) is 11.5 Å². The van der Waals surface area contributed by atoms with Crippen LogP contribution in [0.3, 0.4) is 0 Å². The van der Waals surface area contributed by atoms with E-state index in [1.807, 2.05) is 54.6 Å². The van der Waals surface area contributed by atoms with Crippen LogP contribution in [0.4, 0.5) is 5.82 Å². The molecule has 1 atom stereocenters. The zero-order valence-corrected chi connectivity index (χ0v) is 15.5. The van der Waals surface area contributed by atoms with Gasteiger partial charge in [0.2, 0.25) is 5.91 Å². The van der Waals surface area contributed by atoms with Gasteiger partial charge in [-0.3, -0.25) is 18.7 Å². The zero-order chi connectivity index (χ0) is 19.8. The fourth-order valence-corrected chi connectivity index (χ4v) is 3.51. The van der Waals surface area contributed by atoms with Gasteiger partial charge in [0.25, 0.3) is 5.56 Å². The van der Waals surface area contributed by atoms with Gasteiger partial charge in [-0.25, -0.2) is 4.79 Å². The fraction of sp³-hybridized carbons (Fsp3) is 0.190. The predicted molar refractivity (Wildman–Crippen MR) is 105 cm³/mol. The Bertz CT molecular complexity index is 1180. The van der Waals surface area contributed by atoms with Crippen molar-refractivity contribution in [1.82, 2.24) is 9.13 Å². The highest BCUT2D eigenvalue weighted by atomic mass is 16.5. The van der Waals surface area contributed by atoms with E-state index in [0.717, 1.165) is 10.1 Å². The predicted octanol–water partition coefficient (Wildman–Crippen LogP) is 2.35. The van der Waals surface area contributed by atoms with Crippen molar-refractivity contribution < 1.29 is 9.53 Å². The fourth-order valence-electron chi connectivity index (χ4n) is 3.51. The largest absolute Gasteiger partial charge is 0.457 e. The number of benzene rings is 2. The van der Waals surface area contributed by atoms with Crippen LogP contribution in [-0.4, -0.2) is 15.0 Å². The van der Waals surface area contributed by atoms with E-state index < -0.39 is 17.2 Å². The minimum absolute atomic E-state index is 0.120. The molecule has 0 spiro atoms. The maximum absolute atomic E-state index is 12.8. The lowest BCUT2D eigenvalue weighted by Gasteiger charge is -2.27. The highest BCUT2D eigenvalue weighted by molar-refractivity contribution is 5.94. The summed E-state index contributed by atoms with van der Waals surface area (Å²) in [5.74, 6) is 0.852. The topological polar surface area (TPSA) is 82.3 Å². The van der Waals surface area contributed by atoms with Crippen LogP contribution in [0.15, 0.2) is 64.2 Å². The number of amides is 1. The lowest BCUT2D eigenvalue weighted by Crippen LogP contribution is -2.44. The molecule has 1 N–H and O–H groups in total. The van der Waals surface area contributed by atoms with Gasteiger partial charge in [0.05, 0.1) is 5.56 Å². The molecule has 28 heavy (non-hydrogen) atoms. The first-order valence-electron chi connectivity index (χ1n) is 8.88. The number of nitrogens with zero attached hydrogens (tertiary/aromatic N) is 2. The molecule has 2 heterocycles. The molecule has 1 amide bonds. The summed E-state index contributed by atoms with van der Waals surface area (Å²) < 4.78 is 8.24. The average Bonchev–Trinajstić information content (AvgIpc) is 2.71. The van der Waals surface area contributed by atoms with Gasteiger partial charge in [-0.1, -0.05) is 30.3 Å². The Balaban J connectivity index is 1.81. The molecule has 0 fully saturated rings. The molecule has 4 rings (SSSR count). The Morgan fingerprint density at radius 3 is 2.39 bits per heavy atom. The van der Waals surface area contributed by atoms with Gasteiger partial charge >= 0.3 is 5.69 Å². The Kier molecular flexibility index (Phi) is 4.35. The van der Waals surface area contributed by atoms with E-state index >= 15 is 0 Å². The summed E-state index contributed by atoms with van der Waals surface area (Å²) >= 11 is 0. The SMILES string of the molecule is Cn1c2c(c(=O)n(C)c1=O)[C@@H](c1cccc(Oc3ccccc3)c1)CC(=O)N2. The number of aromatic nitrogens is 2. The van der Waals surface area contributed by atoms with Crippen molar-refractivity contribution in [2.45, 2.75) is 12.3 Å². The van der Waals surface area contributed by atoms with E-state index in [2.05, 4.69) is 5.32 Å². The van der Waals surface area contributed by atoms with Gasteiger partial charge in [-0.15, -0.1) is 0 Å². The Morgan fingerprint density at radius 2 is 1.64 bits per heavy atom. The highest BCUT2D eigenvalue weighted by Gasteiger charge is 2.32. The Morgan fingerprint density at radius 1 is 0.929 bits per heavy atom. The summed E-state index contributed by atoms with van der Waals surface area (Å²) in [4.78, 5) is 37.3. The summed E-state index contributed by atoms with van der Waals surface area (Å²) in [6.07, 6.45) is 0.120. The number of anilines is 1. The van der Waals surface area contributed by atoms with Crippen molar-refractivity contribution in [3.05, 3.63) is 86.6 Å². The van der Waals surface area contributed by atoms with E-state index in [1.54, 1.807) is 0 Å².